The van der Waals surface area contributed by atoms with Crippen molar-refractivity contribution in [2.24, 2.45) is 0 Å². The first kappa shape index (κ1) is 16.3. The molecule has 0 saturated carbocycles. The molecule has 0 heterocycles. The van der Waals surface area contributed by atoms with Crippen molar-refractivity contribution in [1.82, 2.24) is 0 Å². The molecular weight excluding hydrogens is 305 g/mol. The molecule has 0 bridgehead atoms. The number of benzene rings is 1. The molecule has 0 spiro atoms. The maximum atomic E-state index is 12.9. The van der Waals surface area contributed by atoms with E-state index in [2.05, 4.69) is 4.18 Å². The van der Waals surface area contributed by atoms with Gasteiger partial charge in [-0.15, -0.1) is 0 Å². The molecule has 0 saturated heterocycles. The summed E-state index contributed by atoms with van der Waals surface area (Å²) in [5, 5.41) is 0.331. The number of halogens is 4. The summed E-state index contributed by atoms with van der Waals surface area (Å²) < 4.78 is 64.5. The van der Waals surface area contributed by atoms with Gasteiger partial charge in [-0.05, 0) is 24.1 Å². The van der Waals surface area contributed by atoms with Gasteiger partial charge in [0.2, 0.25) is 0 Å². The molecule has 0 aromatic heterocycles. The molecule has 0 radical (unpaired) electrons. The summed E-state index contributed by atoms with van der Waals surface area (Å²) >= 11 is 5.61. The van der Waals surface area contributed by atoms with E-state index in [1.54, 1.807) is 0 Å². The zero-order chi connectivity index (χ0) is 14.7. The second-order valence-electron chi connectivity index (χ2n) is 3.96. The Morgan fingerprint density at radius 3 is 2.21 bits per heavy atom. The summed E-state index contributed by atoms with van der Waals surface area (Å²) in [6.45, 7) is -0.522. The van der Waals surface area contributed by atoms with Crippen molar-refractivity contribution in [2.45, 2.75) is 18.5 Å². The fourth-order valence-electron chi connectivity index (χ4n) is 1.53. The molecule has 0 aliphatic heterocycles. The van der Waals surface area contributed by atoms with Crippen LogP contribution < -0.4 is 0 Å². The third kappa shape index (κ3) is 5.80. The standard InChI is InChI=1S/C11H12ClF3O3S/c1-19(16,17)18-7-6-10(11(13,14)15)8-2-4-9(12)5-3-8/h2-5,10H,6-7H2,1H3. The minimum Gasteiger partial charge on any atom is -0.270 e. The first-order valence-corrected chi connectivity index (χ1v) is 7.45. The van der Waals surface area contributed by atoms with E-state index in [4.69, 9.17) is 11.6 Å². The van der Waals surface area contributed by atoms with E-state index in [9.17, 15) is 21.6 Å². The van der Waals surface area contributed by atoms with Crippen LogP contribution in [0.25, 0.3) is 0 Å². The van der Waals surface area contributed by atoms with Crippen molar-refractivity contribution in [3.63, 3.8) is 0 Å². The predicted octanol–water partition coefficient (Wildman–Crippen LogP) is 3.35. The fourth-order valence-corrected chi connectivity index (χ4v) is 2.06. The van der Waals surface area contributed by atoms with Crippen LogP contribution in [-0.2, 0) is 14.3 Å². The predicted molar refractivity (Wildman–Crippen MR) is 65.7 cm³/mol. The normalized spacial score (nSPS) is 14.4. The highest BCUT2D eigenvalue weighted by atomic mass is 35.5. The molecule has 0 aliphatic rings. The zero-order valence-electron chi connectivity index (χ0n) is 9.95. The smallest absolute Gasteiger partial charge is 0.270 e. The summed E-state index contributed by atoms with van der Waals surface area (Å²) in [4.78, 5) is 0. The lowest BCUT2D eigenvalue weighted by atomic mass is 9.95. The Kier molecular flexibility index (Phi) is 5.23. The molecule has 3 nitrogen and oxygen atoms in total. The number of hydrogen-bond acceptors (Lipinski definition) is 3. The Labute approximate surface area is 114 Å². The van der Waals surface area contributed by atoms with E-state index in [1.165, 1.54) is 24.3 Å². The van der Waals surface area contributed by atoms with Gasteiger partial charge in [-0.3, -0.25) is 4.18 Å². The third-order valence-electron chi connectivity index (χ3n) is 2.37. The van der Waals surface area contributed by atoms with Crippen LogP contribution in [0.1, 0.15) is 17.9 Å². The second-order valence-corrected chi connectivity index (χ2v) is 6.04. The van der Waals surface area contributed by atoms with Crippen molar-refractivity contribution >= 4 is 21.7 Å². The summed E-state index contributed by atoms with van der Waals surface area (Å²) in [5.74, 6) is -1.79. The lowest BCUT2D eigenvalue weighted by molar-refractivity contribution is -0.153. The SMILES string of the molecule is CS(=O)(=O)OCCC(c1ccc(Cl)cc1)C(F)(F)F. The first-order chi connectivity index (χ1) is 8.59. The Balaban J connectivity index is 2.82. The highest BCUT2D eigenvalue weighted by molar-refractivity contribution is 7.85. The number of alkyl halides is 3. The van der Waals surface area contributed by atoms with E-state index in [1.807, 2.05) is 0 Å². The topological polar surface area (TPSA) is 43.4 Å². The second kappa shape index (κ2) is 6.11. The van der Waals surface area contributed by atoms with Crippen molar-refractivity contribution in [1.29, 1.82) is 0 Å². The van der Waals surface area contributed by atoms with Crippen molar-refractivity contribution in [3.05, 3.63) is 34.9 Å². The third-order valence-corrected chi connectivity index (χ3v) is 3.22. The van der Waals surface area contributed by atoms with Crippen LogP contribution >= 0.6 is 11.6 Å². The summed E-state index contributed by atoms with van der Waals surface area (Å²) in [6, 6.07) is 5.24. The van der Waals surface area contributed by atoms with E-state index in [-0.39, 0.29) is 5.56 Å². The molecule has 1 unspecified atom stereocenters. The zero-order valence-corrected chi connectivity index (χ0v) is 11.5. The van der Waals surface area contributed by atoms with Gasteiger partial charge in [-0.1, -0.05) is 23.7 Å². The average molecular weight is 317 g/mol. The fraction of sp³-hybridized carbons (Fsp3) is 0.455. The molecule has 0 aliphatic carbocycles. The lowest BCUT2D eigenvalue weighted by Gasteiger charge is -2.20. The minimum atomic E-state index is -4.48. The lowest BCUT2D eigenvalue weighted by Crippen LogP contribution is -2.23. The van der Waals surface area contributed by atoms with E-state index in [0.29, 0.717) is 5.02 Å². The molecular formula is C11H12ClF3O3S. The van der Waals surface area contributed by atoms with Gasteiger partial charge in [-0.2, -0.15) is 21.6 Å². The van der Waals surface area contributed by atoms with Crippen LogP contribution in [0.4, 0.5) is 13.2 Å². The van der Waals surface area contributed by atoms with Gasteiger partial charge in [0.15, 0.2) is 0 Å². The van der Waals surface area contributed by atoms with E-state index >= 15 is 0 Å². The largest absolute Gasteiger partial charge is 0.395 e. The maximum absolute atomic E-state index is 12.9. The van der Waals surface area contributed by atoms with Crippen LogP contribution in [-0.4, -0.2) is 27.5 Å². The van der Waals surface area contributed by atoms with Gasteiger partial charge in [-0.25, -0.2) is 0 Å². The number of hydrogen-bond donors (Lipinski definition) is 0. The summed E-state index contributed by atoms with van der Waals surface area (Å²) in [7, 11) is -3.74. The highest BCUT2D eigenvalue weighted by Crippen LogP contribution is 2.37. The molecule has 0 N–H and O–H groups in total. The van der Waals surface area contributed by atoms with Crippen LogP contribution in [0.5, 0.6) is 0 Å². The number of rotatable bonds is 5. The monoisotopic (exact) mass is 316 g/mol. The Bertz CT molecular complexity index is 511. The molecule has 19 heavy (non-hydrogen) atoms. The van der Waals surface area contributed by atoms with Gasteiger partial charge >= 0.3 is 6.18 Å². The van der Waals surface area contributed by atoms with Crippen molar-refractivity contribution in [2.75, 3.05) is 12.9 Å². The molecule has 1 aromatic rings. The maximum Gasteiger partial charge on any atom is 0.395 e. The molecule has 1 rings (SSSR count). The molecule has 1 atom stereocenters. The van der Waals surface area contributed by atoms with Crippen molar-refractivity contribution in [3.8, 4) is 0 Å². The Morgan fingerprint density at radius 2 is 1.79 bits per heavy atom. The molecule has 108 valence electrons. The van der Waals surface area contributed by atoms with Gasteiger partial charge in [0.25, 0.3) is 10.1 Å². The van der Waals surface area contributed by atoms with E-state index < -0.39 is 35.2 Å². The van der Waals surface area contributed by atoms with Crippen molar-refractivity contribution < 1.29 is 25.8 Å². The molecule has 8 heteroatoms. The van der Waals surface area contributed by atoms with Gasteiger partial charge in [0.05, 0.1) is 18.8 Å². The van der Waals surface area contributed by atoms with Gasteiger partial charge in [0.1, 0.15) is 0 Å². The summed E-state index contributed by atoms with van der Waals surface area (Å²) in [6.07, 6.45) is -4.16. The molecule has 1 aromatic carbocycles. The van der Waals surface area contributed by atoms with Crippen LogP contribution in [0.3, 0.4) is 0 Å². The van der Waals surface area contributed by atoms with Crippen LogP contribution in [0, 0.1) is 0 Å². The molecule has 0 amide bonds. The van der Waals surface area contributed by atoms with Crippen LogP contribution in [0.15, 0.2) is 24.3 Å². The first-order valence-electron chi connectivity index (χ1n) is 5.26. The summed E-state index contributed by atoms with van der Waals surface area (Å²) in [5.41, 5.74) is 0.0222. The quantitative estimate of drug-likeness (QED) is 0.782. The van der Waals surface area contributed by atoms with Gasteiger partial charge in [0, 0.05) is 5.02 Å². The Morgan fingerprint density at radius 1 is 1.26 bits per heavy atom. The highest BCUT2D eigenvalue weighted by Gasteiger charge is 2.40. The van der Waals surface area contributed by atoms with Gasteiger partial charge < -0.3 is 0 Å². The van der Waals surface area contributed by atoms with E-state index in [0.717, 1.165) is 6.26 Å². The molecule has 0 fully saturated rings. The Hall–Kier alpha value is -0.790. The van der Waals surface area contributed by atoms with Crippen LogP contribution in [0.2, 0.25) is 5.02 Å². The average Bonchev–Trinajstić information content (AvgIpc) is 2.23. The minimum absolute atomic E-state index is 0.0222.